The first-order valence-electron chi connectivity index (χ1n) is 10.7. The highest BCUT2D eigenvalue weighted by molar-refractivity contribution is 7.89. The Morgan fingerprint density at radius 3 is 2.48 bits per heavy atom. The fourth-order valence-corrected chi connectivity index (χ4v) is 6.01. The van der Waals surface area contributed by atoms with Crippen molar-refractivity contribution in [3.05, 3.63) is 30.3 Å². The molecule has 0 radical (unpaired) electrons. The van der Waals surface area contributed by atoms with Crippen LogP contribution in [0.25, 0.3) is 0 Å². The van der Waals surface area contributed by atoms with Crippen molar-refractivity contribution in [1.82, 2.24) is 14.5 Å². The van der Waals surface area contributed by atoms with E-state index in [-0.39, 0.29) is 17.7 Å². The summed E-state index contributed by atoms with van der Waals surface area (Å²) in [5, 5.41) is 3.01. The van der Waals surface area contributed by atoms with Gasteiger partial charge in [-0.3, -0.25) is 9.69 Å². The molecule has 0 bridgehead atoms. The molecule has 0 aliphatic carbocycles. The van der Waals surface area contributed by atoms with Crippen molar-refractivity contribution in [2.24, 2.45) is 0 Å². The van der Waals surface area contributed by atoms with E-state index >= 15 is 0 Å². The number of nitrogens with zero attached hydrogens (tertiary/aromatic N) is 3. The van der Waals surface area contributed by atoms with Crippen molar-refractivity contribution >= 4 is 21.6 Å². The quantitative estimate of drug-likeness (QED) is 0.688. The highest BCUT2D eigenvalue weighted by Gasteiger charge is 2.38. The van der Waals surface area contributed by atoms with Gasteiger partial charge in [0, 0.05) is 51.0 Å². The molecule has 29 heavy (non-hydrogen) atoms. The Morgan fingerprint density at radius 2 is 1.83 bits per heavy atom. The number of para-hydroxylation sites is 1. The van der Waals surface area contributed by atoms with E-state index in [2.05, 4.69) is 46.3 Å². The predicted octanol–water partition coefficient (Wildman–Crippen LogP) is 1.52. The van der Waals surface area contributed by atoms with Crippen LogP contribution < -0.4 is 10.2 Å². The fraction of sp³-hybridized carbons (Fsp3) is 0.667. The first-order valence-corrected chi connectivity index (χ1v) is 12.3. The molecular weight excluding hydrogens is 388 g/mol. The summed E-state index contributed by atoms with van der Waals surface area (Å²) in [6.45, 7) is 8.81. The molecule has 2 saturated heterocycles. The van der Waals surface area contributed by atoms with Crippen molar-refractivity contribution in [3.8, 4) is 0 Å². The van der Waals surface area contributed by atoms with Crippen molar-refractivity contribution in [3.63, 3.8) is 0 Å². The van der Waals surface area contributed by atoms with E-state index in [4.69, 9.17) is 0 Å². The minimum atomic E-state index is -3.34. The molecule has 2 aliphatic heterocycles. The van der Waals surface area contributed by atoms with Gasteiger partial charge in [0.15, 0.2) is 0 Å². The van der Waals surface area contributed by atoms with Gasteiger partial charge in [0.05, 0.1) is 5.75 Å². The zero-order chi connectivity index (χ0) is 20.9. The molecular formula is C21H34N4O3S. The molecule has 8 heteroatoms. The topological polar surface area (TPSA) is 73.0 Å². The molecule has 1 amide bonds. The Kier molecular flexibility index (Phi) is 7.54. The smallest absolute Gasteiger partial charge is 0.238 e. The van der Waals surface area contributed by atoms with E-state index in [1.54, 1.807) is 0 Å². The van der Waals surface area contributed by atoms with Gasteiger partial charge in [-0.15, -0.1) is 0 Å². The lowest BCUT2D eigenvalue weighted by Gasteiger charge is -2.39. The maximum Gasteiger partial charge on any atom is 0.238 e. The molecule has 0 aromatic heterocycles. The van der Waals surface area contributed by atoms with E-state index < -0.39 is 16.1 Å². The Balaban J connectivity index is 1.47. The Labute approximate surface area is 175 Å². The zero-order valence-electron chi connectivity index (χ0n) is 17.6. The molecule has 2 aliphatic rings. The maximum atomic E-state index is 12.7. The van der Waals surface area contributed by atoms with Gasteiger partial charge in [-0.25, -0.2) is 8.42 Å². The summed E-state index contributed by atoms with van der Waals surface area (Å²) in [6, 6.07) is 10.1. The lowest BCUT2D eigenvalue weighted by molar-refractivity contribution is -0.124. The molecule has 2 heterocycles. The second kappa shape index (κ2) is 9.91. The van der Waals surface area contributed by atoms with Gasteiger partial charge in [0.2, 0.25) is 15.9 Å². The highest BCUT2D eigenvalue weighted by Crippen LogP contribution is 2.22. The molecule has 3 rings (SSSR count). The van der Waals surface area contributed by atoms with E-state index in [1.165, 1.54) is 9.99 Å². The molecule has 1 aromatic rings. The summed E-state index contributed by atoms with van der Waals surface area (Å²) < 4.78 is 26.2. The molecule has 7 nitrogen and oxygen atoms in total. The third-order valence-electron chi connectivity index (χ3n) is 5.96. The first-order chi connectivity index (χ1) is 13.9. The summed E-state index contributed by atoms with van der Waals surface area (Å²) in [7, 11) is -3.34. The van der Waals surface area contributed by atoms with Gasteiger partial charge in [-0.1, -0.05) is 25.1 Å². The van der Waals surface area contributed by atoms with Crippen molar-refractivity contribution in [1.29, 1.82) is 0 Å². The van der Waals surface area contributed by atoms with E-state index in [1.807, 2.05) is 13.0 Å². The van der Waals surface area contributed by atoms with E-state index in [9.17, 15) is 13.2 Å². The predicted molar refractivity (Wildman–Crippen MR) is 117 cm³/mol. The van der Waals surface area contributed by atoms with Crippen LogP contribution in [-0.4, -0.2) is 80.6 Å². The lowest BCUT2D eigenvalue weighted by atomic mass is 10.2. The fourth-order valence-electron chi connectivity index (χ4n) is 4.27. The van der Waals surface area contributed by atoms with Crippen LogP contribution in [0, 0.1) is 0 Å². The zero-order valence-corrected chi connectivity index (χ0v) is 18.4. The number of piperazine rings is 1. The van der Waals surface area contributed by atoms with Gasteiger partial charge in [0.25, 0.3) is 0 Å². The summed E-state index contributed by atoms with van der Waals surface area (Å²) in [6.07, 6.45) is 1.93. The number of hydrogen-bond acceptors (Lipinski definition) is 5. The van der Waals surface area contributed by atoms with Crippen LogP contribution in [-0.2, 0) is 14.8 Å². The van der Waals surface area contributed by atoms with Gasteiger partial charge < -0.3 is 10.2 Å². The number of carbonyl (C=O) groups is 1. The van der Waals surface area contributed by atoms with Gasteiger partial charge >= 0.3 is 0 Å². The maximum absolute atomic E-state index is 12.7. The number of hydrogen-bond donors (Lipinski definition) is 1. The number of benzene rings is 1. The van der Waals surface area contributed by atoms with Gasteiger partial charge in [-0.2, -0.15) is 4.31 Å². The number of nitrogens with one attached hydrogen (secondary N) is 1. The molecule has 2 fully saturated rings. The van der Waals surface area contributed by atoms with E-state index in [0.717, 1.165) is 32.6 Å². The standard InChI is InChI=1S/C21H34N4O3S/c1-3-16-29(27,28)25-11-7-10-20(25)21(26)22-17-18(2)23-12-14-24(15-13-23)19-8-5-4-6-9-19/h4-6,8-9,18,20H,3,7,10-17H2,1-2H3,(H,22,26). The Bertz CT molecular complexity index is 763. The number of rotatable bonds is 8. The Hall–Kier alpha value is -1.64. The van der Waals surface area contributed by atoms with Crippen LogP contribution in [0.3, 0.4) is 0 Å². The van der Waals surface area contributed by atoms with Gasteiger partial charge in [-0.05, 0) is 38.3 Å². The summed E-state index contributed by atoms with van der Waals surface area (Å²) in [5.74, 6) is -0.0456. The second-order valence-corrected chi connectivity index (χ2v) is 10.1. The molecule has 162 valence electrons. The van der Waals surface area contributed by atoms with Crippen LogP contribution in [0.5, 0.6) is 0 Å². The number of carbonyl (C=O) groups excluding carboxylic acids is 1. The van der Waals surface area contributed by atoms with Crippen molar-refractivity contribution in [2.75, 3.05) is 49.9 Å². The lowest BCUT2D eigenvalue weighted by Crippen LogP contribution is -2.54. The molecule has 1 aromatic carbocycles. The van der Waals surface area contributed by atoms with Crippen LogP contribution in [0.1, 0.15) is 33.1 Å². The highest BCUT2D eigenvalue weighted by atomic mass is 32.2. The summed E-state index contributed by atoms with van der Waals surface area (Å²) in [5.41, 5.74) is 1.25. The molecule has 0 spiro atoms. The molecule has 0 saturated carbocycles. The van der Waals surface area contributed by atoms with Crippen LogP contribution >= 0.6 is 0 Å². The average Bonchev–Trinajstić information content (AvgIpc) is 3.24. The molecule has 1 N–H and O–H groups in total. The summed E-state index contributed by atoms with van der Waals surface area (Å²) >= 11 is 0. The monoisotopic (exact) mass is 422 g/mol. The normalized spacial score (nSPS) is 22.6. The minimum absolute atomic E-state index is 0.110. The van der Waals surface area contributed by atoms with Crippen molar-refractivity contribution in [2.45, 2.75) is 45.2 Å². The molecule has 2 unspecified atom stereocenters. The number of sulfonamides is 1. The van der Waals surface area contributed by atoms with Crippen molar-refractivity contribution < 1.29 is 13.2 Å². The largest absolute Gasteiger partial charge is 0.369 e. The van der Waals surface area contributed by atoms with Gasteiger partial charge in [0.1, 0.15) is 6.04 Å². The van der Waals surface area contributed by atoms with Crippen LogP contribution in [0.4, 0.5) is 5.69 Å². The second-order valence-electron chi connectivity index (χ2n) is 8.04. The van der Waals surface area contributed by atoms with E-state index in [0.29, 0.717) is 25.9 Å². The number of amides is 1. The number of anilines is 1. The Morgan fingerprint density at radius 1 is 1.14 bits per heavy atom. The summed E-state index contributed by atoms with van der Waals surface area (Å²) in [4.78, 5) is 17.5. The third-order valence-corrected chi connectivity index (χ3v) is 8.03. The SMILES string of the molecule is CCCS(=O)(=O)N1CCCC1C(=O)NCC(C)N1CCN(c2ccccc2)CC1. The third kappa shape index (κ3) is 5.49. The first kappa shape index (κ1) is 22.1. The van der Waals surface area contributed by atoms with Crippen LogP contribution in [0.2, 0.25) is 0 Å². The average molecular weight is 423 g/mol. The van der Waals surface area contributed by atoms with Crippen LogP contribution in [0.15, 0.2) is 30.3 Å². The molecule has 2 atom stereocenters. The minimum Gasteiger partial charge on any atom is -0.369 e.